The molecule has 0 fully saturated rings. The minimum Gasteiger partial charge on any atom is -0.491 e. The third kappa shape index (κ3) is 9.80. The second-order valence-corrected chi connectivity index (χ2v) is 11.6. The summed E-state index contributed by atoms with van der Waals surface area (Å²) in [6, 6.07) is 20.0. The fraction of sp³-hybridized carbons (Fsp3) is 0.385. The van der Waals surface area contributed by atoms with Gasteiger partial charge in [0.1, 0.15) is 17.9 Å². The van der Waals surface area contributed by atoms with Gasteiger partial charge in [-0.2, -0.15) is 0 Å². The maximum atomic E-state index is 8.46. The molecule has 256 valence electrons. The third-order valence-corrected chi connectivity index (χ3v) is 8.45. The Kier molecular flexibility index (Phi) is 15.4. The van der Waals surface area contributed by atoms with E-state index in [2.05, 4.69) is 75.6 Å². The van der Waals surface area contributed by atoms with E-state index in [1.54, 1.807) is 6.20 Å². The van der Waals surface area contributed by atoms with Crippen molar-refractivity contribution in [3.63, 3.8) is 0 Å². The number of aryl methyl sites for hydroxylation is 2. The lowest BCUT2D eigenvalue weighted by atomic mass is 10.1. The standard InChI is InChI=1S/C19H23N3O.C13H9ClN2.C6H15NO.CH4/c1-4-22(5-2)11-12-23-17-13-14(3)21-19-16(17)9-8-15-7-6-10-20-18(15)19;1-8-7-11(14)10-5-4-9-3-2-6-15-12(9)13(10)16-8;1-3-7(4-2)5-6-8;/h6-10,13H,4-5,11-12H2,1-3H3;2-7H,1H3;8H,3-6H2,1-2H3;1H4. The molecule has 4 heterocycles. The molecule has 0 aliphatic heterocycles. The normalized spacial score (nSPS) is 11.0. The van der Waals surface area contributed by atoms with Gasteiger partial charge >= 0.3 is 0 Å². The molecule has 0 aliphatic carbocycles. The number of fused-ring (bicyclic) bond motifs is 6. The molecule has 2 aromatic carbocycles. The monoisotopic (exact) mass is 670 g/mol. The van der Waals surface area contributed by atoms with Crippen molar-refractivity contribution in [1.82, 2.24) is 29.7 Å². The zero-order chi connectivity index (χ0) is 33.8. The fourth-order valence-electron chi connectivity index (χ4n) is 5.45. The number of rotatable bonds is 10. The number of ether oxygens (including phenoxy) is 1. The zero-order valence-electron chi connectivity index (χ0n) is 28.5. The lowest BCUT2D eigenvalue weighted by molar-refractivity contribution is 0.208. The maximum absolute atomic E-state index is 8.46. The second-order valence-electron chi connectivity index (χ2n) is 11.2. The Morgan fingerprint density at radius 3 is 1.69 bits per heavy atom. The van der Waals surface area contributed by atoms with Crippen molar-refractivity contribution in [3.05, 3.63) is 89.5 Å². The van der Waals surface area contributed by atoms with Crippen LogP contribution >= 0.6 is 11.6 Å². The Hall–Kier alpha value is -3.95. The number of hydrogen-bond donors (Lipinski definition) is 1. The van der Waals surface area contributed by atoms with Crippen molar-refractivity contribution in [2.24, 2.45) is 0 Å². The van der Waals surface area contributed by atoms with Crippen LogP contribution < -0.4 is 4.74 Å². The van der Waals surface area contributed by atoms with Crippen LogP contribution in [0.15, 0.2) is 73.1 Å². The average molecular weight is 671 g/mol. The van der Waals surface area contributed by atoms with Crippen molar-refractivity contribution >= 4 is 55.2 Å². The van der Waals surface area contributed by atoms with Gasteiger partial charge in [0.2, 0.25) is 0 Å². The van der Waals surface area contributed by atoms with Crippen LogP contribution in [0.1, 0.15) is 46.5 Å². The molecule has 0 spiro atoms. The molecule has 8 nitrogen and oxygen atoms in total. The summed E-state index contributed by atoms with van der Waals surface area (Å²) in [5.74, 6) is 0.896. The lowest BCUT2D eigenvalue weighted by Crippen LogP contribution is -2.27. The summed E-state index contributed by atoms with van der Waals surface area (Å²) >= 11 is 6.19. The molecule has 0 saturated heterocycles. The number of aliphatic hydroxyl groups is 1. The van der Waals surface area contributed by atoms with Gasteiger partial charge in [-0.25, -0.2) is 0 Å². The summed E-state index contributed by atoms with van der Waals surface area (Å²) in [5, 5.41) is 13.4. The van der Waals surface area contributed by atoms with Gasteiger partial charge in [-0.3, -0.25) is 19.9 Å². The average Bonchev–Trinajstić information content (AvgIpc) is 3.09. The summed E-state index contributed by atoms with van der Waals surface area (Å²) in [5.41, 5.74) is 5.50. The summed E-state index contributed by atoms with van der Waals surface area (Å²) in [7, 11) is 0. The Labute approximate surface area is 290 Å². The number of hydrogen-bond acceptors (Lipinski definition) is 8. The summed E-state index contributed by atoms with van der Waals surface area (Å²) in [4.78, 5) is 22.6. The van der Waals surface area contributed by atoms with Crippen LogP contribution in [-0.2, 0) is 0 Å². The third-order valence-electron chi connectivity index (χ3n) is 8.14. The molecule has 0 bridgehead atoms. The number of halogens is 1. The van der Waals surface area contributed by atoms with Crippen LogP contribution in [0.5, 0.6) is 5.75 Å². The van der Waals surface area contributed by atoms with Crippen molar-refractivity contribution < 1.29 is 9.84 Å². The highest BCUT2D eigenvalue weighted by Crippen LogP contribution is 2.30. The zero-order valence-corrected chi connectivity index (χ0v) is 29.3. The quantitative estimate of drug-likeness (QED) is 0.145. The number of benzene rings is 2. The van der Waals surface area contributed by atoms with Gasteiger partial charge in [0, 0.05) is 64.5 Å². The number of aromatic nitrogens is 4. The molecule has 0 radical (unpaired) electrons. The van der Waals surface area contributed by atoms with E-state index >= 15 is 0 Å². The van der Waals surface area contributed by atoms with E-state index < -0.39 is 0 Å². The molecule has 0 unspecified atom stereocenters. The molecular formula is C39H51ClN6O2. The van der Waals surface area contributed by atoms with E-state index in [1.807, 2.05) is 62.5 Å². The van der Waals surface area contributed by atoms with Gasteiger partial charge in [0.05, 0.1) is 28.2 Å². The maximum Gasteiger partial charge on any atom is 0.130 e. The number of pyridine rings is 4. The van der Waals surface area contributed by atoms with E-state index in [-0.39, 0.29) is 14.0 Å². The topological polar surface area (TPSA) is 87.5 Å². The smallest absolute Gasteiger partial charge is 0.130 e. The largest absolute Gasteiger partial charge is 0.491 e. The lowest BCUT2D eigenvalue weighted by Gasteiger charge is -2.18. The molecule has 1 N–H and O–H groups in total. The molecule has 0 amide bonds. The number of likely N-dealkylation sites (N-methyl/N-ethyl adjacent to an activating group) is 2. The van der Waals surface area contributed by atoms with Crippen LogP contribution in [0.25, 0.3) is 43.6 Å². The first kappa shape index (κ1) is 38.5. The highest BCUT2D eigenvalue weighted by atomic mass is 35.5. The van der Waals surface area contributed by atoms with E-state index in [1.165, 1.54) is 0 Å². The highest BCUT2D eigenvalue weighted by Gasteiger charge is 2.10. The summed E-state index contributed by atoms with van der Waals surface area (Å²) < 4.78 is 6.07. The first-order valence-electron chi connectivity index (χ1n) is 16.5. The molecule has 0 aliphatic rings. The van der Waals surface area contributed by atoms with Crippen LogP contribution in [0.4, 0.5) is 0 Å². The fourth-order valence-corrected chi connectivity index (χ4v) is 5.76. The molecule has 6 rings (SSSR count). The van der Waals surface area contributed by atoms with E-state index in [0.717, 1.165) is 105 Å². The van der Waals surface area contributed by atoms with Gasteiger partial charge in [-0.15, -0.1) is 0 Å². The van der Waals surface area contributed by atoms with Crippen molar-refractivity contribution in [2.75, 3.05) is 52.5 Å². The molecule has 48 heavy (non-hydrogen) atoms. The molecular weight excluding hydrogens is 620 g/mol. The Balaban J connectivity index is 0.000000217. The van der Waals surface area contributed by atoms with Crippen molar-refractivity contribution in [3.8, 4) is 5.75 Å². The summed E-state index contributed by atoms with van der Waals surface area (Å²) in [6.07, 6.45) is 3.59. The number of aliphatic hydroxyl groups excluding tert-OH is 1. The second kappa shape index (κ2) is 19.1. The first-order valence-corrected chi connectivity index (χ1v) is 16.8. The van der Waals surface area contributed by atoms with Crippen LogP contribution in [0.2, 0.25) is 5.02 Å². The predicted octanol–water partition coefficient (Wildman–Crippen LogP) is 8.51. The van der Waals surface area contributed by atoms with Crippen molar-refractivity contribution in [1.29, 1.82) is 0 Å². The minimum atomic E-state index is 0. The van der Waals surface area contributed by atoms with Crippen LogP contribution in [-0.4, -0.2) is 87.3 Å². The molecule has 9 heteroatoms. The van der Waals surface area contributed by atoms with Gasteiger partial charge in [0.25, 0.3) is 0 Å². The van der Waals surface area contributed by atoms with Crippen LogP contribution in [0, 0.1) is 13.8 Å². The Bertz CT molecular complexity index is 1890. The van der Waals surface area contributed by atoms with Gasteiger partial charge < -0.3 is 19.6 Å². The predicted molar refractivity (Wildman–Crippen MR) is 203 cm³/mol. The van der Waals surface area contributed by atoms with Gasteiger partial charge in [-0.05, 0) is 64.3 Å². The molecule has 0 atom stereocenters. The van der Waals surface area contributed by atoms with E-state index in [9.17, 15) is 0 Å². The van der Waals surface area contributed by atoms with Crippen LogP contribution in [0.3, 0.4) is 0 Å². The van der Waals surface area contributed by atoms with E-state index in [0.29, 0.717) is 6.61 Å². The molecule has 6 aromatic rings. The van der Waals surface area contributed by atoms with Crippen molar-refractivity contribution in [2.45, 2.75) is 49.0 Å². The molecule has 4 aromatic heterocycles. The van der Waals surface area contributed by atoms with Gasteiger partial charge in [-0.1, -0.05) is 77.1 Å². The molecule has 0 saturated carbocycles. The van der Waals surface area contributed by atoms with E-state index in [4.69, 9.17) is 21.4 Å². The Morgan fingerprint density at radius 2 is 1.17 bits per heavy atom. The highest BCUT2D eigenvalue weighted by molar-refractivity contribution is 6.36. The SMILES string of the molecule is C.CCN(CC)CCO.CCN(CC)CCOc1cc(C)nc2c1ccc1cccnc12.Cc1cc(Cl)c2ccc3cccnc3c2n1. The van der Waals surface area contributed by atoms with Gasteiger partial charge in [0.15, 0.2) is 0 Å². The minimum absolute atomic E-state index is 0. The summed E-state index contributed by atoms with van der Waals surface area (Å²) in [6.45, 7) is 19.4. The number of nitrogens with zero attached hydrogens (tertiary/aromatic N) is 6. The first-order chi connectivity index (χ1) is 22.8. The Morgan fingerprint density at radius 1 is 0.667 bits per heavy atom.